The Morgan fingerprint density at radius 3 is 2.00 bits per heavy atom. The van der Waals surface area contributed by atoms with Crippen molar-refractivity contribution in [3.8, 4) is 11.1 Å². The Balaban J connectivity index is 1.84. The van der Waals surface area contributed by atoms with E-state index in [1.165, 1.54) is 22.3 Å². The lowest BCUT2D eigenvalue weighted by atomic mass is 9.91. The minimum Gasteiger partial charge on any atom is -0.0836 e. The minimum atomic E-state index is 0.539. The molecule has 2 aromatic rings. The Bertz CT molecular complexity index is 597. The minimum absolute atomic E-state index is 0.539. The highest BCUT2D eigenvalue weighted by Crippen LogP contribution is 2.27. The van der Waals surface area contributed by atoms with Crippen LogP contribution in [0.2, 0.25) is 0 Å². The van der Waals surface area contributed by atoms with E-state index in [1.807, 2.05) is 0 Å². The normalized spacial score (nSPS) is 17.6. The molecule has 0 aromatic heterocycles. The lowest BCUT2D eigenvalue weighted by Crippen LogP contribution is -1.95. The molecule has 0 heteroatoms. The van der Waals surface area contributed by atoms with Crippen molar-refractivity contribution in [1.82, 2.24) is 0 Å². The number of rotatable bonds is 2. The number of allylic oxidation sites excluding steroid dienone is 4. The smallest absolute Gasteiger partial charge is 0.00557 e. The van der Waals surface area contributed by atoms with Crippen molar-refractivity contribution < 1.29 is 0 Å². The Morgan fingerprint density at radius 2 is 1.42 bits per heavy atom. The van der Waals surface area contributed by atoms with Crippen LogP contribution in [0.5, 0.6) is 0 Å². The van der Waals surface area contributed by atoms with Gasteiger partial charge in [0.05, 0.1) is 0 Å². The molecule has 94 valence electrons. The molecule has 0 nitrogen and oxygen atoms in total. The third-order valence-electron chi connectivity index (χ3n) is 3.70. The second-order valence-electron chi connectivity index (χ2n) is 5.14. The summed E-state index contributed by atoms with van der Waals surface area (Å²) in [4.78, 5) is 0. The van der Waals surface area contributed by atoms with E-state index >= 15 is 0 Å². The summed E-state index contributed by atoms with van der Waals surface area (Å²) >= 11 is 0. The second-order valence-corrected chi connectivity index (χ2v) is 5.14. The Labute approximate surface area is 115 Å². The highest BCUT2D eigenvalue weighted by atomic mass is 14.1. The maximum Gasteiger partial charge on any atom is 0.00557 e. The number of aryl methyl sites for hydroxylation is 1. The van der Waals surface area contributed by atoms with Gasteiger partial charge in [-0.2, -0.15) is 0 Å². The molecule has 19 heavy (non-hydrogen) atoms. The van der Waals surface area contributed by atoms with Gasteiger partial charge in [0.25, 0.3) is 0 Å². The zero-order valence-corrected chi connectivity index (χ0v) is 11.2. The van der Waals surface area contributed by atoms with Crippen LogP contribution in [0.15, 0.2) is 72.8 Å². The summed E-state index contributed by atoms with van der Waals surface area (Å²) in [5, 5.41) is 0. The van der Waals surface area contributed by atoms with Gasteiger partial charge < -0.3 is 0 Å². The van der Waals surface area contributed by atoms with E-state index in [1.54, 1.807) is 0 Å². The summed E-state index contributed by atoms with van der Waals surface area (Å²) in [7, 11) is 0. The molecule has 0 fully saturated rings. The standard InChI is InChI=1S/C19H18/c1-15-7-9-17(10-8-15)19-13-11-18(12-14-19)16-5-3-2-4-6-16/h2-5,7-14,16H,6H2,1H3. The van der Waals surface area contributed by atoms with Gasteiger partial charge in [0.1, 0.15) is 0 Å². The number of hydrogen-bond donors (Lipinski definition) is 0. The molecule has 1 aliphatic rings. The van der Waals surface area contributed by atoms with E-state index in [-0.39, 0.29) is 0 Å². The molecule has 0 saturated carbocycles. The quantitative estimate of drug-likeness (QED) is 0.678. The summed E-state index contributed by atoms with van der Waals surface area (Å²) < 4.78 is 0. The molecule has 3 rings (SSSR count). The van der Waals surface area contributed by atoms with Crippen LogP contribution in [0.3, 0.4) is 0 Å². The molecule has 0 saturated heterocycles. The molecule has 0 heterocycles. The van der Waals surface area contributed by atoms with Gasteiger partial charge in [-0.1, -0.05) is 78.4 Å². The second kappa shape index (κ2) is 5.27. The van der Waals surface area contributed by atoms with Crippen molar-refractivity contribution in [2.75, 3.05) is 0 Å². The average Bonchev–Trinajstić information content (AvgIpc) is 2.49. The molecule has 0 bridgehead atoms. The fourth-order valence-corrected chi connectivity index (χ4v) is 2.50. The highest BCUT2D eigenvalue weighted by Gasteiger charge is 2.08. The van der Waals surface area contributed by atoms with Gasteiger partial charge >= 0.3 is 0 Å². The Hall–Kier alpha value is -2.08. The molecule has 0 spiro atoms. The first kappa shape index (κ1) is 12.0. The maximum absolute atomic E-state index is 2.28. The van der Waals surface area contributed by atoms with Crippen LogP contribution in [0, 0.1) is 6.92 Å². The fourth-order valence-electron chi connectivity index (χ4n) is 2.50. The van der Waals surface area contributed by atoms with Crippen molar-refractivity contribution in [1.29, 1.82) is 0 Å². The predicted molar refractivity (Wildman–Crippen MR) is 82.3 cm³/mol. The van der Waals surface area contributed by atoms with Crippen LogP contribution >= 0.6 is 0 Å². The largest absolute Gasteiger partial charge is 0.0836 e. The van der Waals surface area contributed by atoms with Gasteiger partial charge in [-0.25, -0.2) is 0 Å². The van der Waals surface area contributed by atoms with Crippen LogP contribution in [-0.4, -0.2) is 0 Å². The first-order chi connectivity index (χ1) is 9.33. The third-order valence-corrected chi connectivity index (χ3v) is 3.70. The number of hydrogen-bond acceptors (Lipinski definition) is 0. The molecule has 2 aromatic carbocycles. The summed E-state index contributed by atoms with van der Waals surface area (Å²) in [5.41, 5.74) is 5.28. The van der Waals surface area contributed by atoms with Gasteiger partial charge in [0, 0.05) is 5.92 Å². The highest BCUT2D eigenvalue weighted by molar-refractivity contribution is 5.64. The summed E-state index contributed by atoms with van der Waals surface area (Å²) in [6.07, 6.45) is 9.89. The summed E-state index contributed by atoms with van der Waals surface area (Å²) in [5.74, 6) is 0.539. The van der Waals surface area contributed by atoms with Crippen molar-refractivity contribution in [2.45, 2.75) is 19.3 Å². The fraction of sp³-hybridized carbons (Fsp3) is 0.158. The van der Waals surface area contributed by atoms with E-state index < -0.39 is 0 Å². The molecule has 1 atom stereocenters. The van der Waals surface area contributed by atoms with E-state index in [4.69, 9.17) is 0 Å². The first-order valence-corrected chi connectivity index (χ1v) is 6.83. The topological polar surface area (TPSA) is 0 Å². The molecule has 1 aliphatic carbocycles. The number of benzene rings is 2. The van der Waals surface area contributed by atoms with Crippen molar-refractivity contribution in [3.63, 3.8) is 0 Å². The van der Waals surface area contributed by atoms with Gasteiger partial charge in [-0.3, -0.25) is 0 Å². The SMILES string of the molecule is Cc1ccc(-c2ccc(C3C=CC=CC3)cc2)cc1. The van der Waals surface area contributed by atoms with Gasteiger partial charge in [0.2, 0.25) is 0 Å². The third kappa shape index (κ3) is 2.68. The van der Waals surface area contributed by atoms with E-state index in [9.17, 15) is 0 Å². The zero-order chi connectivity index (χ0) is 13.1. The maximum atomic E-state index is 2.28. The van der Waals surface area contributed by atoms with Gasteiger partial charge in [-0.15, -0.1) is 0 Å². The van der Waals surface area contributed by atoms with Gasteiger partial charge in [0.15, 0.2) is 0 Å². The van der Waals surface area contributed by atoms with Crippen LogP contribution in [0.4, 0.5) is 0 Å². The average molecular weight is 246 g/mol. The van der Waals surface area contributed by atoms with E-state index in [0.29, 0.717) is 5.92 Å². The van der Waals surface area contributed by atoms with Crippen molar-refractivity contribution >= 4 is 0 Å². The predicted octanol–water partition coefficient (Wildman–Crippen LogP) is 5.26. The molecule has 0 N–H and O–H groups in total. The van der Waals surface area contributed by atoms with Crippen LogP contribution in [0.25, 0.3) is 11.1 Å². The summed E-state index contributed by atoms with van der Waals surface area (Å²) in [6, 6.07) is 17.7. The molecular weight excluding hydrogens is 228 g/mol. The molecule has 0 radical (unpaired) electrons. The Morgan fingerprint density at radius 1 is 0.789 bits per heavy atom. The van der Waals surface area contributed by atoms with Crippen molar-refractivity contribution in [3.05, 3.63) is 84.0 Å². The van der Waals surface area contributed by atoms with Crippen LogP contribution in [0.1, 0.15) is 23.5 Å². The Kier molecular flexibility index (Phi) is 3.33. The lowest BCUT2D eigenvalue weighted by Gasteiger charge is -2.14. The van der Waals surface area contributed by atoms with Crippen LogP contribution in [-0.2, 0) is 0 Å². The lowest BCUT2D eigenvalue weighted by molar-refractivity contribution is 0.854. The first-order valence-electron chi connectivity index (χ1n) is 6.83. The van der Waals surface area contributed by atoms with E-state index in [0.717, 1.165) is 6.42 Å². The molecule has 1 unspecified atom stereocenters. The monoisotopic (exact) mass is 246 g/mol. The molecule has 0 aliphatic heterocycles. The van der Waals surface area contributed by atoms with Crippen molar-refractivity contribution in [2.24, 2.45) is 0 Å². The molecular formula is C19H18. The van der Waals surface area contributed by atoms with Crippen LogP contribution < -0.4 is 0 Å². The summed E-state index contributed by atoms with van der Waals surface area (Å²) in [6.45, 7) is 2.12. The van der Waals surface area contributed by atoms with Gasteiger partial charge in [-0.05, 0) is 30.0 Å². The van der Waals surface area contributed by atoms with E-state index in [2.05, 4.69) is 79.8 Å². The molecule has 0 amide bonds. The zero-order valence-electron chi connectivity index (χ0n) is 11.2.